The number of ether oxygens (including phenoxy) is 3. The summed E-state index contributed by atoms with van der Waals surface area (Å²) in [4.78, 5) is 11.6. The first kappa shape index (κ1) is 24.1. The van der Waals surface area contributed by atoms with Gasteiger partial charge >= 0.3 is 6.09 Å². The number of halogens is 1. The molecule has 172 valence electrons. The molecule has 0 radical (unpaired) electrons. The number of nitrogens with one attached hydrogen (secondary N) is 2. The Hall–Kier alpha value is -2.59. The van der Waals surface area contributed by atoms with Gasteiger partial charge in [-0.05, 0) is 30.3 Å². The molecule has 2 aromatic carbocycles. The molecular formula is C23H27FN2O5S. The Kier molecular flexibility index (Phi) is 8.52. The van der Waals surface area contributed by atoms with E-state index in [0.717, 1.165) is 5.56 Å². The topological polar surface area (TPSA) is 89.1 Å². The molecule has 0 saturated carbocycles. The zero-order valence-corrected chi connectivity index (χ0v) is 18.6. The van der Waals surface area contributed by atoms with Crippen LogP contribution in [0, 0.1) is 11.7 Å². The summed E-state index contributed by atoms with van der Waals surface area (Å²) in [6.07, 6.45) is -0.650. The number of thiocarbonyl (C=S) groups is 1. The second kappa shape index (κ2) is 11.3. The fraction of sp³-hybridized carbons (Fsp3) is 0.391. The summed E-state index contributed by atoms with van der Waals surface area (Å²) in [5, 5.41) is 15.6. The van der Waals surface area contributed by atoms with Gasteiger partial charge in [-0.25, -0.2) is 9.18 Å². The van der Waals surface area contributed by atoms with E-state index >= 15 is 0 Å². The van der Waals surface area contributed by atoms with Crippen molar-refractivity contribution in [3.8, 4) is 0 Å². The van der Waals surface area contributed by atoms with Gasteiger partial charge in [0.05, 0.1) is 38.6 Å². The van der Waals surface area contributed by atoms with Crippen molar-refractivity contribution in [1.29, 1.82) is 0 Å². The Morgan fingerprint density at radius 1 is 1.25 bits per heavy atom. The molecule has 0 unspecified atom stereocenters. The van der Waals surface area contributed by atoms with Crippen molar-refractivity contribution < 1.29 is 28.5 Å². The van der Waals surface area contributed by atoms with E-state index in [0.29, 0.717) is 19.6 Å². The molecule has 2 aromatic rings. The third-order valence-corrected chi connectivity index (χ3v) is 5.72. The third kappa shape index (κ3) is 5.80. The summed E-state index contributed by atoms with van der Waals surface area (Å²) in [5.41, 5.74) is 0.147. The summed E-state index contributed by atoms with van der Waals surface area (Å²) >= 11 is 5.24. The molecule has 0 spiro atoms. The molecule has 0 bridgehead atoms. The average Bonchev–Trinajstić information content (AvgIpc) is 2.80. The van der Waals surface area contributed by atoms with Gasteiger partial charge in [-0.15, -0.1) is 0 Å². The lowest BCUT2D eigenvalue weighted by Crippen LogP contribution is -2.62. The summed E-state index contributed by atoms with van der Waals surface area (Å²) in [6.45, 7) is 0.528. The number of amides is 1. The minimum absolute atomic E-state index is 0.0154. The van der Waals surface area contributed by atoms with E-state index in [4.69, 9.17) is 21.7 Å². The number of methoxy groups -OCH3 is 1. The molecule has 0 aromatic heterocycles. The SMILES string of the molecule is COC(=O)NC(=S)N[C@@]1(c2ccccc2F)CO[C@@H](COCc2ccccc2)C[C@H]1CO. The summed E-state index contributed by atoms with van der Waals surface area (Å²) < 4.78 is 31.2. The van der Waals surface area contributed by atoms with Crippen LogP contribution in [0.25, 0.3) is 0 Å². The third-order valence-electron chi connectivity index (χ3n) is 5.52. The van der Waals surface area contributed by atoms with Crippen molar-refractivity contribution in [3.05, 3.63) is 71.5 Å². The lowest BCUT2D eigenvalue weighted by atomic mass is 9.74. The van der Waals surface area contributed by atoms with Gasteiger partial charge in [-0.2, -0.15) is 0 Å². The van der Waals surface area contributed by atoms with Gasteiger partial charge in [-0.1, -0.05) is 48.5 Å². The van der Waals surface area contributed by atoms with Gasteiger partial charge in [-0.3, -0.25) is 5.32 Å². The van der Waals surface area contributed by atoms with Gasteiger partial charge in [0.2, 0.25) is 0 Å². The maximum Gasteiger partial charge on any atom is 0.413 e. The molecule has 9 heteroatoms. The van der Waals surface area contributed by atoms with Crippen LogP contribution in [-0.2, 0) is 26.4 Å². The molecule has 1 amide bonds. The van der Waals surface area contributed by atoms with Gasteiger partial charge in [0.15, 0.2) is 5.11 Å². The smallest absolute Gasteiger partial charge is 0.413 e. The van der Waals surface area contributed by atoms with Crippen molar-refractivity contribution in [1.82, 2.24) is 10.6 Å². The lowest BCUT2D eigenvalue weighted by Gasteiger charge is -2.47. The number of hydrogen-bond donors (Lipinski definition) is 3. The minimum Gasteiger partial charge on any atom is -0.453 e. The molecule has 32 heavy (non-hydrogen) atoms. The van der Waals surface area contributed by atoms with Crippen molar-refractivity contribution in [3.63, 3.8) is 0 Å². The van der Waals surface area contributed by atoms with Gasteiger partial charge < -0.3 is 24.6 Å². The van der Waals surface area contributed by atoms with E-state index in [1.165, 1.54) is 13.2 Å². The number of rotatable bonds is 7. The highest BCUT2D eigenvalue weighted by Gasteiger charge is 2.47. The minimum atomic E-state index is -1.19. The molecule has 0 aliphatic carbocycles. The predicted octanol–water partition coefficient (Wildman–Crippen LogP) is 2.87. The first-order chi connectivity index (χ1) is 15.5. The fourth-order valence-electron chi connectivity index (χ4n) is 3.89. The number of benzene rings is 2. The van der Waals surface area contributed by atoms with Crippen LogP contribution in [0.4, 0.5) is 9.18 Å². The summed E-state index contributed by atoms with van der Waals surface area (Å²) in [5.74, 6) is -0.933. The van der Waals surface area contributed by atoms with Crippen LogP contribution in [0.2, 0.25) is 0 Å². The molecular weight excluding hydrogens is 435 g/mol. The highest BCUT2D eigenvalue weighted by atomic mass is 32.1. The van der Waals surface area contributed by atoms with Gasteiger partial charge in [0, 0.05) is 18.1 Å². The van der Waals surface area contributed by atoms with E-state index in [9.17, 15) is 14.3 Å². The van der Waals surface area contributed by atoms with Crippen LogP contribution in [0.1, 0.15) is 17.5 Å². The number of carbonyl (C=O) groups is 1. The molecule has 1 aliphatic rings. The Labute approximate surface area is 191 Å². The quantitative estimate of drug-likeness (QED) is 0.545. The van der Waals surface area contributed by atoms with Crippen LogP contribution in [0.5, 0.6) is 0 Å². The Bertz CT molecular complexity index is 916. The van der Waals surface area contributed by atoms with E-state index in [1.807, 2.05) is 30.3 Å². The van der Waals surface area contributed by atoms with Crippen molar-refractivity contribution in [2.45, 2.75) is 24.7 Å². The molecule has 3 atom stereocenters. The molecule has 1 saturated heterocycles. The second-order valence-corrected chi connectivity index (χ2v) is 7.98. The fourth-order valence-corrected chi connectivity index (χ4v) is 4.15. The number of carbonyl (C=O) groups excluding carboxylic acids is 1. The van der Waals surface area contributed by atoms with E-state index in [-0.39, 0.29) is 30.0 Å². The van der Waals surface area contributed by atoms with Crippen LogP contribution in [0.3, 0.4) is 0 Å². The first-order valence-corrected chi connectivity index (χ1v) is 10.7. The standard InChI is InChI=1S/C23H27FN2O5S/c1-29-22(28)25-21(32)26-23(19-9-5-6-10-20(19)24)15-31-18(11-17(23)12-27)14-30-13-16-7-3-2-4-8-16/h2-10,17-18,27H,11-15H2,1H3,(H2,25,26,28,32)/t17-,18+,23-/m0/s1. The largest absolute Gasteiger partial charge is 0.453 e. The van der Waals surface area contributed by atoms with Crippen LogP contribution in [-0.4, -0.2) is 49.3 Å². The molecule has 1 aliphatic heterocycles. The predicted molar refractivity (Wildman–Crippen MR) is 120 cm³/mol. The average molecular weight is 463 g/mol. The van der Waals surface area contributed by atoms with Crippen molar-refractivity contribution in [2.75, 3.05) is 26.9 Å². The highest BCUT2D eigenvalue weighted by Crippen LogP contribution is 2.39. The van der Waals surface area contributed by atoms with E-state index in [1.54, 1.807) is 18.2 Å². The number of alkyl carbamates (subject to hydrolysis) is 1. The second-order valence-electron chi connectivity index (χ2n) is 7.57. The maximum atomic E-state index is 14.8. The van der Waals surface area contributed by atoms with Gasteiger partial charge in [0.25, 0.3) is 0 Å². The zero-order valence-electron chi connectivity index (χ0n) is 17.8. The highest BCUT2D eigenvalue weighted by molar-refractivity contribution is 7.80. The summed E-state index contributed by atoms with van der Waals surface area (Å²) in [7, 11) is 1.21. The van der Waals surface area contributed by atoms with Crippen LogP contribution in [0.15, 0.2) is 54.6 Å². The molecule has 1 heterocycles. The Morgan fingerprint density at radius 3 is 2.66 bits per heavy atom. The van der Waals surface area contributed by atoms with Crippen molar-refractivity contribution in [2.24, 2.45) is 5.92 Å². The Balaban J connectivity index is 1.75. The lowest BCUT2D eigenvalue weighted by molar-refractivity contribution is -0.111. The zero-order chi connectivity index (χ0) is 23.0. The number of aliphatic hydroxyl groups is 1. The number of aliphatic hydroxyl groups excluding tert-OH is 1. The normalized spacial score (nSPS) is 22.7. The van der Waals surface area contributed by atoms with Crippen LogP contribution < -0.4 is 10.6 Å². The van der Waals surface area contributed by atoms with Crippen LogP contribution >= 0.6 is 12.2 Å². The van der Waals surface area contributed by atoms with E-state index in [2.05, 4.69) is 15.4 Å². The molecule has 1 fully saturated rings. The van der Waals surface area contributed by atoms with Gasteiger partial charge in [0.1, 0.15) is 5.82 Å². The Morgan fingerprint density at radius 2 is 1.97 bits per heavy atom. The molecule has 3 rings (SSSR count). The first-order valence-electron chi connectivity index (χ1n) is 10.2. The monoisotopic (exact) mass is 462 g/mol. The van der Waals surface area contributed by atoms with E-state index < -0.39 is 23.4 Å². The van der Waals surface area contributed by atoms with Crippen molar-refractivity contribution >= 4 is 23.4 Å². The maximum absolute atomic E-state index is 14.8. The summed E-state index contributed by atoms with van der Waals surface area (Å²) in [6, 6.07) is 16.0. The number of hydrogen-bond acceptors (Lipinski definition) is 6. The molecule has 3 N–H and O–H groups in total. The molecule has 7 nitrogen and oxygen atoms in total.